The number of aliphatic hydroxyl groups excluding tert-OH is 14. The highest BCUT2D eigenvalue weighted by Crippen LogP contribution is 2.76. The van der Waals surface area contributed by atoms with Gasteiger partial charge in [-0.1, -0.05) is 53.2 Å². The molecule has 87 heavy (non-hydrogen) atoms. The first kappa shape index (κ1) is 67.6. The van der Waals surface area contributed by atoms with Crippen molar-refractivity contribution in [2.45, 2.75) is 254 Å². The first-order chi connectivity index (χ1) is 40.7. The van der Waals surface area contributed by atoms with Gasteiger partial charge in [-0.05, 0) is 97.7 Å². The first-order valence-corrected chi connectivity index (χ1v) is 30.6. The lowest BCUT2D eigenvalue weighted by atomic mass is 9.33. The molecule has 498 valence electrons. The minimum Gasteiger partial charge on any atom is -0.457 e. The van der Waals surface area contributed by atoms with Gasteiger partial charge in [0.2, 0.25) is 6.29 Å². The van der Waals surface area contributed by atoms with Crippen LogP contribution in [0.25, 0.3) is 0 Å². The molecule has 0 aromatic carbocycles. The Morgan fingerprint density at radius 2 is 1.25 bits per heavy atom. The average Bonchev–Trinajstić information content (AvgIpc) is 0.895. The standard InChI is InChI=1S/C59H94O28/c1-24-41(83-47-39(72)42(30(66)20-77-47)84-51-45(74)58(76,22-62)23-79-51)43(81-25(2)63)40(73)49(80-24)85-44-35(68)29(65)19-78-50(44)87-52(75)59-14-13-53(3,4)15-27(59)26-9-10-33-54(5)16-28(64)46(86-48-38(71)37(70)36(69)31(18-60)82-48)55(6,21-61)32(54)11-12-56(33,7)57(26,8)17-34(59)67/h9,24,27-51,60-62,64-74,76H,10-23H2,1-8H3/t24-,27-,28-,29-,30+,31+,32+,33+,34+,35-,36+,37-,38+,39+,40+,41-,42-,43-,44+,45-,46-,47-,48-,49-,50-,51-,54-,55+,56+,57+,58+,59+/m0/s1. The van der Waals surface area contributed by atoms with Crippen molar-refractivity contribution in [2.24, 2.45) is 50.2 Å². The Kier molecular flexibility index (Phi) is 19.1. The number of hydrogen-bond donors (Lipinski definition) is 15. The van der Waals surface area contributed by atoms with Crippen LogP contribution in [0, 0.1) is 50.2 Å². The molecule has 5 saturated heterocycles. The Hall–Kier alpha value is -2.28. The van der Waals surface area contributed by atoms with Crippen LogP contribution in [0.3, 0.4) is 0 Å². The third kappa shape index (κ3) is 11.2. The fraction of sp³-hybridized carbons (Fsp3) is 0.932. The van der Waals surface area contributed by atoms with Crippen LogP contribution in [0.4, 0.5) is 0 Å². The summed E-state index contributed by atoms with van der Waals surface area (Å²) in [5.41, 5.74) is -6.17. The van der Waals surface area contributed by atoms with Gasteiger partial charge in [0.15, 0.2) is 37.4 Å². The van der Waals surface area contributed by atoms with E-state index >= 15 is 4.79 Å². The quantitative estimate of drug-likeness (QED) is 0.0451. The van der Waals surface area contributed by atoms with E-state index in [9.17, 15) is 81.4 Å². The van der Waals surface area contributed by atoms with Crippen molar-refractivity contribution in [1.82, 2.24) is 0 Å². The summed E-state index contributed by atoms with van der Waals surface area (Å²) in [5.74, 6) is -2.80. The summed E-state index contributed by atoms with van der Waals surface area (Å²) in [7, 11) is 0. The molecule has 28 nitrogen and oxygen atoms in total. The molecule has 15 N–H and O–H groups in total. The van der Waals surface area contributed by atoms with E-state index in [4.69, 9.17) is 52.1 Å². The van der Waals surface area contributed by atoms with Gasteiger partial charge in [-0.3, -0.25) is 9.59 Å². The molecule has 5 heterocycles. The molecule has 4 saturated carbocycles. The van der Waals surface area contributed by atoms with Crippen LogP contribution >= 0.6 is 0 Å². The Labute approximate surface area is 504 Å². The van der Waals surface area contributed by atoms with Gasteiger partial charge in [0.05, 0.1) is 64.1 Å². The second-order valence-electron chi connectivity index (χ2n) is 28.6. The maximum Gasteiger partial charge on any atom is 0.317 e. The molecule has 0 spiro atoms. The van der Waals surface area contributed by atoms with Crippen LogP contribution < -0.4 is 0 Å². The van der Waals surface area contributed by atoms with Gasteiger partial charge in [0, 0.05) is 12.3 Å². The van der Waals surface area contributed by atoms with Gasteiger partial charge in [0.25, 0.3) is 0 Å². The monoisotopic (exact) mass is 1250 g/mol. The predicted molar refractivity (Wildman–Crippen MR) is 290 cm³/mol. The third-order valence-electron chi connectivity index (χ3n) is 22.8. The third-order valence-corrected chi connectivity index (χ3v) is 22.8. The zero-order valence-electron chi connectivity index (χ0n) is 50.5. The molecule has 5 aliphatic heterocycles. The number of fused-ring (bicyclic) bond motifs is 7. The largest absolute Gasteiger partial charge is 0.457 e. The highest BCUT2D eigenvalue weighted by atomic mass is 16.8. The summed E-state index contributed by atoms with van der Waals surface area (Å²) in [4.78, 5) is 28.2. The molecule has 0 unspecified atom stereocenters. The molecule has 0 radical (unpaired) electrons. The molecule has 0 aromatic heterocycles. The molecule has 0 amide bonds. The fourth-order valence-electron chi connectivity index (χ4n) is 17.7. The highest BCUT2D eigenvalue weighted by Gasteiger charge is 2.73. The van der Waals surface area contributed by atoms with Gasteiger partial charge < -0.3 is 129 Å². The summed E-state index contributed by atoms with van der Waals surface area (Å²) in [6, 6.07) is 0. The van der Waals surface area contributed by atoms with Crippen LogP contribution in [0.2, 0.25) is 0 Å². The van der Waals surface area contributed by atoms with Crippen molar-refractivity contribution < 1.29 is 138 Å². The topological polar surface area (TPSA) is 439 Å². The van der Waals surface area contributed by atoms with E-state index in [0.717, 1.165) is 12.5 Å². The number of esters is 2. The minimum atomic E-state index is -2.09. The lowest BCUT2D eigenvalue weighted by Gasteiger charge is -2.72. The lowest BCUT2D eigenvalue weighted by molar-refractivity contribution is -0.372. The summed E-state index contributed by atoms with van der Waals surface area (Å²) in [6.07, 6.45) is -31.6. The van der Waals surface area contributed by atoms with E-state index in [2.05, 4.69) is 40.7 Å². The molecular weight excluding hydrogens is 1160 g/mol. The fourth-order valence-corrected chi connectivity index (χ4v) is 17.7. The van der Waals surface area contributed by atoms with E-state index in [1.807, 2.05) is 6.92 Å². The molecule has 5 aliphatic carbocycles. The number of rotatable bonds is 14. The zero-order chi connectivity index (χ0) is 63.6. The molecule has 32 atom stereocenters. The van der Waals surface area contributed by atoms with Crippen molar-refractivity contribution in [3.63, 3.8) is 0 Å². The highest BCUT2D eigenvalue weighted by molar-refractivity contribution is 5.80. The number of allylic oxidation sites excluding steroid dienone is 2. The molecule has 9 fully saturated rings. The predicted octanol–water partition coefficient (Wildman–Crippen LogP) is -3.78. The summed E-state index contributed by atoms with van der Waals surface area (Å²) >= 11 is 0. The molecule has 0 aromatic rings. The summed E-state index contributed by atoms with van der Waals surface area (Å²) in [6.45, 7) is 11.4. The van der Waals surface area contributed by atoms with Gasteiger partial charge in [0.1, 0.15) is 84.3 Å². The van der Waals surface area contributed by atoms with E-state index in [1.54, 1.807) is 0 Å². The summed E-state index contributed by atoms with van der Waals surface area (Å²) < 4.78 is 64.8. The maximum absolute atomic E-state index is 15.5. The maximum atomic E-state index is 15.5. The number of aliphatic hydroxyl groups is 15. The number of carbonyl (C=O) groups is 2. The Balaban J connectivity index is 0.877. The average molecular weight is 1250 g/mol. The van der Waals surface area contributed by atoms with Crippen molar-refractivity contribution in [1.29, 1.82) is 0 Å². The Morgan fingerprint density at radius 3 is 1.91 bits per heavy atom. The number of hydrogen-bond acceptors (Lipinski definition) is 28. The second kappa shape index (κ2) is 24.6. The molecule has 0 bridgehead atoms. The van der Waals surface area contributed by atoms with Gasteiger partial charge >= 0.3 is 11.9 Å². The minimum absolute atomic E-state index is 0.110. The number of carbonyl (C=O) groups excluding carboxylic acids is 2. The zero-order valence-corrected chi connectivity index (χ0v) is 50.5. The normalized spacial score (nSPS) is 54.0. The Morgan fingerprint density at radius 1 is 0.609 bits per heavy atom. The summed E-state index contributed by atoms with van der Waals surface area (Å²) in [5, 5.41) is 166. The number of ether oxygens (including phenoxy) is 11. The molecular formula is C59H94O28. The molecule has 10 aliphatic rings. The van der Waals surface area contributed by atoms with Crippen LogP contribution in [0.5, 0.6) is 0 Å². The Bertz CT molecular complexity index is 2490. The molecule has 28 heteroatoms. The first-order valence-electron chi connectivity index (χ1n) is 30.6. The van der Waals surface area contributed by atoms with Gasteiger partial charge in [-0.15, -0.1) is 0 Å². The SMILES string of the molecule is CC(=O)O[C@H]1[C@@H](O)[C@H](O[C@H]2[C@H](OC(=O)[C@]34CCC(C)(C)C[C@H]3C3=CC[C@@H]5[C@@]6(C)C[C@H](O)[C@H](O[C@@H]7O[C@H](CO)[C@@H](O)[C@H](O)[C@H]7O)[C@](C)(CO)[C@@H]6CC[C@@]5(C)[C@]3(C)C[C@H]4O)OC[C@H](O)[C@@H]2O)O[C@@H](C)[C@@H]1O[C@@H]1OC[C@@H](O)[C@H](O[C@@H]2OC[C@](O)(CO)[C@H]2O)[C@H]1O. The van der Waals surface area contributed by atoms with Crippen molar-refractivity contribution in [3.05, 3.63) is 11.6 Å². The smallest absolute Gasteiger partial charge is 0.317 e. The van der Waals surface area contributed by atoms with Gasteiger partial charge in [-0.2, -0.15) is 0 Å². The van der Waals surface area contributed by atoms with Crippen molar-refractivity contribution >= 4 is 11.9 Å². The lowest BCUT2D eigenvalue weighted by Crippen LogP contribution is -2.70. The van der Waals surface area contributed by atoms with E-state index in [0.29, 0.717) is 32.1 Å². The second-order valence-corrected chi connectivity index (χ2v) is 28.6. The van der Waals surface area contributed by atoms with Crippen LogP contribution in [0.15, 0.2) is 11.6 Å². The van der Waals surface area contributed by atoms with Crippen LogP contribution in [-0.4, -0.2) is 275 Å². The van der Waals surface area contributed by atoms with Crippen LogP contribution in [-0.2, 0) is 61.7 Å². The van der Waals surface area contributed by atoms with E-state index in [-0.39, 0.29) is 36.5 Å². The van der Waals surface area contributed by atoms with Gasteiger partial charge in [-0.25, -0.2) is 0 Å². The van der Waals surface area contributed by atoms with Crippen molar-refractivity contribution in [3.8, 4) is 0 Å². The van der Waals surface area contributed by atoms with E-state index in [1.165, 1.54) is 6.92 Å². The van der Waals surface area contributed by atoms with Crippen molar-refractivity contribution in [2.75, 3.05) is 39.6 Å². The van der Waals surface area contributed by atoms with E-state index < -0.39 is 231 Å². The molecule has 10 rings (SSSR count). The van der Waals surface area contributed by atoms with Crippen LogP contribution in [0.1, 0.15) is 107 Å².